The molecule has 3 heteroatoms. The van der Waals surface area contributed by atoms with Crippen LogP contribution in [0.15, 0.2) is 0 Å². The fraction of sp³-hybridized carbons (Fsp3) is 0.960. The van der Waals surface area contributed by atoms with Crippen LogP contribution in [-0.2, 0) is 14.3 Å². The summed E-state index contributed by atoms with van der Waals surface area (Å²) in [5.41, 5.74) is 0.726. The molecule has 4 saturated carbocycles. The molecule has 0 bridgehead atoms. The first-order valence-electron chi connectivity index (χ1n) is 12.2. The zero-order valence-corrected chi connectivity index (χ0v) is 18.3. The summed E-state index contributed by atoms with van der Waals surface area (Å²) in [5, 5.41) is 0. The van der Waals surface area contributed by atoms with Crippen LogP contribution >= 0.6 is 0 Å². The zero-order valence-electron chi connectivity index (χ0n) is 18.3. The third-order valence-electron chi connectivity index (χ3n) is 10.2. The summed E-state index contributed by atoms with van der Waals surface area (Å²) in [6.45, 7) is 8.15. The van der Waals surface area contributed by atoms with Crippen molar-refractivity contribution >= 4 is 5.78 Å². The molecule has 0 aromatic rings. The van der Waals surface area contributed by atoms with Gasteiger partial charge in [0.15, 0.2) is 6.29 Å². The van der Waals surface area contributed by atoms with E-state index in [0.717, 1.165) is 43.6 Å². The van der Waals surface area contributed by atoms with Gasteiger partial charge in [0.1, 0.15) is 5.78 Å². The monoisotopic (exact) mass is 388 g/mol. The van der Waals surface area contributed by atoms with Gasteiger partial charge in [-0.05, 0) is 98.7 Å². The number of Topliss-reactive ketones (excluding diaryl/α,β-unsaturated/α-hetero) is 1. The third-order valence-corrected chi connectivity index (χ3v) is 10.2. The first-order valence-corrected chi connectivity index (χ1v) is 12.2. The Balaban J connectivity index is 1.34. The summed E-state index contributed by atoms with van der Waals surface area (Å²) in [4.78, 5) is 12.4. The Morgan fingerprint density at radius 3 is 2.57 bits per heavy atom. The molecule has 5 aliphatic rings. The van der Waals surface area contributed by atoms with E-state index in [1.54, 1.807) is 0 Å². The lowest BCUT2D eigenvalue weighted by molar-refractivity contribution is -0.218. The number of fused-ring (bicyclic) bond motifs is 5. The van der Waals surface area contributed by atoms with E-state index in [-0.39, 0.29) is 12.2 Å². The predicted molar refractivity (Wildman–Crippen MR) is 110 cm³/mol. The van der Waals surface area contributed by atoms with Crippen molar-refractivity contribution in [1.29, 1.82) is 0 Å². The number of ether oxygens (including phenoxy) is 2. The van der Waals surface area contributed by atoms with Gasteiger partial charge < -0.3 is 9.47 Å². The quantitative estimate of drug-likeness (QED) is 0.603. The van der Waals surface area contributed by atoms with E-state index in [0.29, 0.717) is 28.6 Å². The van der Waals surface area contributed by atoms with Crippen LogP contribution in [0.25, 0.3) is 0 Å². The summed E-state index contributed by atoms with van der Waals surface area (Å²) < 4.78 is 12.5. The summed E-state index contributed by atoms with van der Waals surface area (Å²) in [6, 6.07) is 0. The lowest BCUT2D eigenvalue weighted by Gasteiger charge is -2.60. The van der Waals surface area contributed by atoms with Crippen LogP contribution in [0.5, 0.6) is 0 Å². The summed E-state index contributed by atoms with van der Waals surface area (Å²) in [7, 11) is 0. The predicted octanol–water partition coefficient (Wildman–Crippen LogP) is 5.76. The average Bonchev–Trinajstić information content (AvgIpc) is 3.00. The second-order valence-corrected chi connectivity index (χ2v) is 11.5. The lowest BCUT2D eigenvalue weighted by atomic mass is 9.44. The highest BCUT2D eigenvalue weighted by molar-refractivity contribution is 5.82. The Labute approximate surface area is 171 Å². The number of ketones is 1. The molecule has 1 heterocycles. The molecular weight excluding hydrogens is 348 g/mol. The number of carbonyl (C=O) groups excluding carboxylic acids is 1. The van der Waals surface area contributed by atoms with Gasteiger partial charge in [-0.2, -0.15) is 0 Å². The van der Waals surface area contributed by atoms with Crippen LogP contribution < -0.4 is 0 Å². The van der Waals surface area contributed by atoms with Crippen molar-refractivity contribution in [1.82, 2.24) is 0 Å². The Morgan fingerprint density at radius 2 is 1.79 bits per heavy atom. The van der Waals surface area contributed by atoms with E-state index in [4.69, 9.17) is 9.47 Å². The van der Waals surface area contributed by atoms with E-state index in [1.807, 2.05) is 0 Å². The Bertz CT molecular complexity index is 611. The molecule has 158 valence electrons. The Morgan fingerprint density at radius 1 is 0.964 bits per heavy atom. The molecule has 0 aromatic carbocycles. The number of hydrogen-bond acceptors (Lipinski definition) is 3. The SMILES string of the molecule is C[C@@H]1C[C@@]2(C)[C@@H](CC[C@@H]3[C@@H]2CC[C@]2(C)[C@@H](OC4CCCCO4)CC[C@@H]32)CC1=O. The summed E-state index contributed by atoms with van der Waals surface area (Å²) >= 11 is 0. The van der Waals surface area contributed by atoms with E-state index < -0.39 is 0 Å². The van der Waals surface area contributed by atoms with Crippen LogP contribution in [0.1, 0.15) is 91.4 Å². The van der Waals surface area contributed by atoms with Gasteiger partial charge in [-0.15, -0.1) is 0 Å². The van der Waals surface area contributed by atoms with Crippen molar-refractivity contribution in [2.24, 2.45) is 40.4 Å². The molecule has 1 unspecified atom stereocenters. The van der Waals surface area contributed by atoms with Crippen molar-refractivity contribution < 1.29 is 14.3 Å². The molecule has 1 aliphatic heterocycles. The summed E-state index contributed by atoms with van der Waals surface area (Å²) in [5.74, 6) is 3.93. The molecule has 0 aromatic heterocycles. The van der Waals surface area contributed by atoms with E-state index in [1.165, 1.54) is 51.4 Å². The van der Waals surface area contributed by atoms with Crippen LogP contribution in [0.4, 0.5) is 0 Å². The molecule has 0 amide bonds. The molecule has 5 rings (SSSR count). The Hall–Kier alpha value is -0.410. The molecule has 0 spiro atoms. The molecule has 0 N–H and O–H groups in total. The van der Waals surface area contributed by atoms with Crippen molar-refractivity contribution in [2.75, 3.05) is 6.61 Å². The molecular formula is C25H40O3. The highest BCUT2D eigenvalue weighted by Crippen LogP contribution is 2.66. The highest BCUT2D eigenvalue weighted by Gasteiger charge is 2.61. The Kier molecular flexibility index (Phi) is 4.94. The van der Waals surface area contributed by atoms with Gasteiger partial charge in [0, 0.05) is 18.9 Å². The summed E-state index contributed by atoms with van der Waals surface area (Å²) in [6.07, 6.45) is 13.8. The fourth-order valence-electron chi connectivity index (χ4n) is 8.58. The number of rotatable bonds is 2. The van der Waals surface area contributed by atoms with Gasteiger partial charge in [0.2, 0.25) is 0 Å². The molecule has 0 radical (unpaired) electrons. The minimum atomic E-state index is 0.0468. The van der Waals surface area contributed by atoms with Crippen LogP contribution in [0.3, 0.4) is 0 Å². The minimum Gasteiger partial charge on any atom is -0.353 e. The van der Waals surface area contributed by atoms with Crippen molar-refractivity contribution in [3.63, 3.8) is 0 Å². The number of carbonyl (C=O) groups is 1. The first kappa shape index (κ1) is 19.5. The molecule has 4 aliphatic carbocycles. The van der Waals surface area contributed by atoms with E-state index >= 15 is 0 Å². The highest BCUT2D eigenvalue weighted by atomic mass is 16.7. The lowest BCUT2D eigenvalue weighted by Crippen LogP contribution is -2.55. The molecule has 9 atom stereocenters. The average molecular weight is 389 g/mol. The van der Waals surface area contributed by atoms with E-state index in [9.17, 15) is 4.79 Å². The van der Waals surface area contributed by atoms with Crippen molar-refractivity contribution in [2.45, 2.75) is 104 Å². The van der Waals surface area contributed by atoms with E-state index in [2.05, 4.69) is 20.8 Å². The maximum atomic E-state index is 12.4. The second kappa shape index (κ2) is 7.08. The standard InChI is InChI=1S/C25H40O3/c1-16-15-25(3)17(14-21(16)26)7-8-18-19-9-10-22(24(19,2)12-11-20(18)25)28-23-6-4-5-13-27-23/h16-20,22-23H,4-15H2,1-3H3/t16-,17+,18+,19+,20+,22+,23?,24+,25+/m1/s1. The third kappa shape index (κ3) is 2.94. The zero-order chi connectivity index (χ0) is 19.5. The smallest absolute Gasteiger partial charge is 0.157 e. The van der Waals surface area contributed by atoms with Gasteiger partial charge in [-0.1, -0.05) is 20.8 Å². The van der Waals surface area contributed by atoms with Gasteiger partial charge in [0.05, 0.1) is 6.10 Å². The van der Waals surface area contributed by atoms with Crippen LogP contribution in [0.2, 0.25) is 0 Å². The first-order chi connectivity index (χ1) is 13.4. The van der Waals surface area contributed by atoms with Crippen LogP contribution in [-0.4, -0.2) is 24.8 Å². The fourth-order valence-corrected chi connectivity index (χ4v) is 8.58. The maximum Gasteiger partial charge on any atom is 0.157 e. The maximum absolute atomic E-state index is 12.4. The largest absolute Gasteiger partial charge is 0.353 e. The van der Waals surface area contributed by atoms with Gasteiger partial charge in [-0.25, -0.2) is 0 Å². The van der Waals surface area contributed by atoms with Crippen LogP contribution in [0, 0.1) is 40.4 Å². The second-order valence-electron chi connectivity index (χ2n) is 11.5. The molecule has 1 saturated heterocycles. The van der Waals surface area contributed by atoms with Crippen molar-refractivity contribution in [3.05, 3.63) is 0 Å². The van der Waals surface area contributed by atoms with Crippen molar-refractivity contribution in [3.8, 4) is 0 Å². The van der Waals surface area contributed by atoms with Gasteiger partial charge >= 0.3 is 0 Å². The molecule has 3 nitrogen and oxygen atoms in total. The van der Waals surface area contributed by atoms with Gasteiger partial charge in [0.25, 0.3) is 0 Å². The van der Waals surface area contributed by atoms with Gasteiger partial charge in [-0.3, -0.25) is 4.79 Å². The topological polar surface area (TPSA) is 35.5 Å². The number of hydrogen-bond donors (Lipinski definition) is 0. The normalized spacial score (nSPS) is 54.0. The molecule has 5 fully saturated rings. The minimum absolute atomic E-state index is 0.0468. The molecule has 28 heavy (non-hydrogen) atoms.